The van der Waals surface area contributed by atoms with Gasteiger partial charge in [-0.25, -0.2) is 9.97 Å². The number of pyridine rings is 1. The molecule has 0 aliphatic heterocycles. The Morgan fingerprint density at radius 1 is 0.688 bits per heavy atom. The SMILES string of the molecule is N#Cc1ccc(-c2nc(C3=CC=CCCC3C#N)cc(-c3ccc4c(c3)-c3ccccc3C4(c3ccccc3)c3ccccn3)n2)cc1. The molecule has 5 heteroatoms. The van der Waals surface area contributed by atoms with Crippen LogP contribution in [0.3, 0.4) is 0 Å². The number of allylic oxidation sites excluding steroid dienone is 4. The van der Waals surface area contributed by atoms with Crippen LogP contribution in [0.25, 0.3) is 39.3 Å². The van der Waals surface area contributed by atoms with E-state index in [-0.39, 0.29) is 5.92 Å². The monoisotopic (exact) mass is 615 g/mol. The van der Waals surface area contributed by atoms with Crippen LogP contribution in [0.1, 0.15) is 46.5 Å². The molecule has 5 nitrogen and oxygen atoms in total. The number of nitriles is 2. The minimum absolute atomic E-state index is 0.284. The highest BCUT2D eigenvalue weighted by atomic mass is 14.9. The summed E-state index contributed by atoms with van der Waals surface area (Å²) in [6, 6.07) is 46.0. The Balaban J connectivity index is 1.36. The molecule has 0 fully saturated rings. The zero-order valence-electron chi connectivity index (χ0n) is 26.1. The van der Waals surface area contributed by atoms with Crippen molar-refractivity contribution in [2.75, 3.05) is 0 Å². The Labute approximate surface area is 279 Å². The van der Waals surface area contributed by atoms with Gasteiger partial charge in [-0.1, -0.05) is 91.0 Å². The van der Waals surface area contributed by atoms with E-state index in [1.807, 2.05) is 42.6 Å². The molecule has 2 aliphatic rings. The van der Waals surface area contributed by atoms with Gasteiger partial charge in [-0.2, -0.15) is 10.5 Å². The number of hydrogen-bond donors (Lipinski definition) is 0. The lowest BCUT2D eigenvalue weighted by Crippen LogP contribution is -2.29. The summed E-state index contributed by atoms with van der Waals surface area (Å²) in [4.78, 5) is 15.1. The summed E-state index contributed by atoms with van der Waals surface area (Å²) in [5.74, 6) is 0.263. The van der Waals surface area contributed by atoms with Crippen molar-refractivity contribution < 1.29 is 0 Å². The van der Waals surface area contributed by atoms with E-state index < -0.39 is 5.41 Å². The van der Waals surface area contributed by atoms with Crippen molar-refractivity contribution in [3.8, 4) is 45.9 Å². The maximum atomic E-state index is 10.1. The predicted molar refractivity (Wildman–Crippen MR) is 188 cm³/mol. The minimum atomic E-state index is -0.588. The molecule has 0 saturated carbocycles. The van der Waals surface area contributed by atoms with Gasteiger partial charge in [0.15, 0.2) is 5.82 Å². The third-order valence-electron chi connectivity index (χ3n) is 9.46. The molecule has 48 heavy (non-hydrogen) atoms. The molecule has 0 saturated heterocycles. The molecule has 0 bridgehead atoms. The molecule has 0 spiro atoms. The van der Waals surface area contributed by atoms with Gasteiger partial charge in [0.2, 0.25) is 0 Å². The number of benzene rings is 4. The number of nitrogens with zero attached hydrogens (tertiary/aromatic N) is 5. The van der Waals surface area contributed by atoms with Crippen LogP contribution in [-0.4, -0.2) is 15.0 Å². The normalized spacial score (nSPS) is 17.7. The van der Waals surface area contributed by atoms with Crippen molar-refractivity contribution in [1.29, 1.82) is 10.5 Å². The van der Waals surface area contributed by atoms with Crippen molar-refractivity contribution in [3.63, 3.8) is 0 Å². The Bertz CT molecular complexity index is 2270. The smallest absolute Gasteiger partial charge is 0.160 e. The second-order valence-electron chi connectivity index (χ2n) is 12.1. The Kier molecular flexibility index (Phi) is 7.29. The molecule has 8 rings (SSSR count). The van der Waals surface area contributed by atoms with Crippen molar-refractivity contribution in [3.05, 3.63) is 179 Å². The summed E-state index contributed by atoms with van der Waals surface area (Å²) >= 11 is 0. The van der Waals surface area contributed by atoms with Crippen LogP contribution in [0.2, 0.25) is 0 Å². The first-order valence-corrected chi connectivity index (χ1v) is 16.1. The molecule has 4 aromatic carbocycles. The minimum Gasteiger partial charge on any atom is -0.260 e. The summed E-state index contributed by atoms with van der Waals surface area (Å²) < 4.78 is 0. The molecule has 2 unspecified atom stereocenters. The number of rotatable bonds is 5. The van der Waals surface area contributed by atoms with Gasteiger partial charge >= 0.3 is 0 Å². The molecule has 2 heterocycles. The molecule has 226 valence electrons. The first-order chi connectivity index (χ1) is 23.7. The van der Waals surface area contributed by atoms with Crippen LogP contribution in [0.4, 0.5) is 0 Å². The van der Waals surface area contributed by atoms with Crippen LogP contribution in [0.5, 0.6) is 0 Å². The van der Waals surface area contributed by atoms with Gasteiger partial charge in [0.25, 0.3) is 0 Å². The lowest BCUT2D eigenvalue weighted by atomic mass is 9.70. The molecule has 2 aliphatic carbocycles. The van der Waals surface area contributed by atoms with Crippen LogP contribution in [-0.2, 0) is 5.41 Å². The van der Waals surface area contributed by atoms with E-state index in [4.69, 9.17) is 15.0 Å². The lowest BCUT2D eigenvalue weighted by Gasteiger charge is -2.32. The molecular weight excluding hydrogens is 587 g/mol. The second kappa shape index (κ2) is 12.1. The molecule has 6 aromatic rings. The molecule has 2 atom stereocenters. The van der Waals surface area contributed by atoms with Gasteiger partial charge in [0.1, 0.15) is 0 Å². The molecule has 0 radical (unpaired) electrons. The Morgan fingerprint density at radius 3 is 2.23 bits per heavy atom. The Morgan fingerprint density at radius 2 is 1.44 bits per heavy atom. The highest BCUT2D eigenvalue weighted by molar-refractivity contribution is 5.88. The fourth-order valence-corrected chi connectivity index (χ4v) is 7.22. The fraction of sp³-hybridized carbons (Fsp3) is 0.0930. The third-order valence-corrected chi connectivity index (χ3v) is 9.46. The standard InChI is InChI=1S/C43H29N5/c44-27-29-18-20-30(21-19-29)42-47-39(26-40(48-42)34-14-6-1-3-11-32(34)28-45)31-22-23-38-36(25-31)35-15-7-8-16-37(35)43(38,33-12-4-2-5-13-33)41-17-9-10-24-46-41/h1-2,4-10,12-26,32H,3,11H2. The van der Waals surface area contributed by atoms with Gasteiger partial charge < -0.3 is 0 Å². The zero-order valence-corrected chi connectivity index (χ0v) is 26.1. The van der Waals surface area contributed by atoms with E-state index in [1.165, 1.54) is 11.1 Å². The first-order valence-electron chi connectivity index (χ1n) is 16.1. The summed E-state index contributed by atoms with van der Waals surface area (Å²) in [5, 5.41) is 19.5. The molecule has 0 amide bonds. The van der Waals surface area contributed by atoms with E-state index in [1.54, 1.807) is 12.1 Å². The van der Waals surface area contributed by atoms with E-state index in [2.05, 4.69) is 103 Å². The zero-order chi connectivity index (χ0) is 32.5. The second-order valence-corrected chi connectivity index (χ2v) is 12.1. The average Bonchev–Trinajstić information content (AvgIpc) is 3.26. The third kappa shape index (κ3) is 4.73. The van der Waals surface area contributed by atoms with Crippen molar-refractivity contribution in [2.45, 2.75) is 18.3 Å². The van der Waals surface area contributed by atoms with Crippen molar-refractivity contribution in [2.24, 2.45) is 5.92 Å². The number of aromatic nitrogens is 3. The van der Waals surface area contributed by atoms with E-state index in [9.17, 15) is 10.5 Å². The average molecular weight is 616 g/mol. The van der Waals surface area contributed by atoms with Crippen LogP contribution >= 0.6 is 0 Å². The van der Waals surface area contributed by atoms with Gasteiger partial charge in [-0.3, -0.25) is 4.98 Å². The van der Waals surface area contributed by atoms with Crippen LogP contribution in [0.15, 0.2) is 146 Å². The van der Waals surface area contributed by atoms with E-state index in [0.29, 0.717) is 11.4 Å². The Hall–Kier alpha value is -6.43. The van der Waals surface area contributed by atoms with Gasteiger partial charge in [-0.05, 0) is 94.8 Å². The quantitative estimate of drug-likeness (QED) is 0.193. The summed E-state index contributed by atoms with van der Waals surface area (Å²) in [7, 11) is 0. The summed E-state index contributed by atoms with van der Waals surface area (Å²) in [5.41, 5.74) is 10.9. The van der Waals surface area contributed by atoms with Crippen molar-refractivity contribution >= 4 is 5.57 Å². The predicted octanol–water partition coefficient (Wildman–Crippen LogP) is 9.31. The van der Waals surface area contributed by atoms with Crippen LogP contribution in [0, 0.1) is 28.6 Å². The summed E-state index contributed by atoms with van der Waals surface area (Å²) in [6.45, 7) is 0. The lowest BCUT2D eigenvalue weighted by molar-refractivity contribution is 0.735. The fourth-order valence-electron chi connectivity index (χ4n) is 7.22. The van der Waals surface area contributed by atoms with E-state index >= 15 is 0 Å². The van der Waals surface area contributed by atoms with Gasteiger partial charge in [-0.15, -0.1) is 0 Å². The maximum absolute atomic E-state index is 10.1. The molecule has 2 aromatic heterocycles. The van der Waals surface area contributed by atoms with Crippen LogP contribution < -0.4 is 0 Å². The maximum Gasteiger partial charge on any atom is 0.160 e. The molecular formula is C43H29N5. The van der Waals surface area contributed by atoms with Gasteiger partial charge in [0, 0.05) is 17.3 Å². The number of hydrogen-bond acceptors (Lipinski definition) is 5. The largest absolute Gasteiger partial charge is 0.260 e. The highest BCUT2D eigenvalue weighted by Crippen LogP contribution is 2.56. The summed E-state index contributed by atoms with van der Waals surface area (Å²) in [6.07, 6.45) is 9.56. The first kappa shape index (κ1) is 29.0. The highest BCUT2D eigenvalue weighted by Gasteiger charge is 2.47. The van der Waals surface area contributed by atoms with E-state index in [0.717, 1.165) is 63.3 Å². The topological polar surface area (TPSA) is 86.2 Å². The molecule has 0 N–H and O–H groups in total. The number of fused-ring (bicyclic) bond motifs is 3. The van der Waals surface area contributed by atoms with Gasteiger partial charge in [0.05, 0.1) is 46.1 Å². The van der Waals surface area contributed by atoms with Crippen molar-refractivity contribution in [1.82, 2.24) is 15.0 Å².